The number of rotatable bonds is 4. The number of carbonyl (C=O) groups excluding carboxylic acids is 1. The minimum atomic E-state index is -3.11. The number of carbonyl (C=O) groups is 1. The molecule has 0 bridgehead atoms. The molecule has 0 spiro atoms. The summed E-state index contributed by atoms with van der Waals surface area (Å²) in [7, 11) is -3.11. The molecule has 6 heteroatoms. The molecule has 1 rings (SSSR count). The van der Waals surface area contributed by atoms with Gasteiger partial charge in [-0.2, -0.15) is 0 Å². The first-order valence-corrected chi connectivity index (χ1v) is 8.63. The van der Waals surface area contributed by atoms with Crippen LogP contribution in [0.4, 0.5) is 0 Å². The van der Waals surface area contributed by atoms with E-state index >= 15 is 0 Å². The van der Waals surface area contributed by atoms with Gasteiger partial charge in [0.15, 0.2) is 0 Å². The molecular weight excluding hydrogens is 266 g/mol. The quantitative estimate of drug-likeness (QED) is 0.800. The van der Waals surface area contributed by atoms with Gasteiger partial charge in [-0.1, -0.05) is 0 Å². The lowest BCUT2D eigenvalue weighted by Gasteiger charge is -2.30. The fourth-order valence-corrected chi connectivity index (χ4v) is 2.59. The highest BCUT2D eigenvalue weighted by molar-refractivity contribution is 7.88. The van der Waals surface area contributed by atoms with Crippen molar-refractivity contribution < 1.29 is 17.9 Å². The number of sulfonamides is 1. The average molecular weight is 291 g/mol. The first-order chi connectivity index (χ1) is 8.58. The van der Waals surface area contributed by atoms with Gasteiger partial charge in [0.2, 0.25) is 10.0 Å². The van der Waals surface area contributed by atoms with Crippen molar-refractivity contribution in [3.05, 3.63) is 0 Å². The summed E-state index contributed by atoms with van der Waals surface area (Å²) in [4.78, 5) is 11.8. The third kappa shape index (κ3) is 6.38. The maximum absolute atomic E-state index is 11.8. The van der Waals surface area contributed by atoms with Gasteiger partial charge in [-0.05, 0) is 52.4 Å². The molecule has 0 radical (unpaired) electrons. The Morgan fingerprint density at radius 3 is 2.16 bits per heavy atom. The molecule has 5 nitrogen and oxygen atoms in total. The second kappa shape index (κ2) is 6.22. The second-order valence-electron chi connectivity index (χ2n) is 6.42. The van der Waals surface area contributed by atoms with Gasteiger partial charge in [0.1, 0.15) is 6.10 Å². The molecule has 0 unspecified atom stereocenters. The van der Waals surface area contributed by atoms with E-state index in [1.165, 1.54) is 6.26 Å². The Kier molecular flexibility index (Phi) is 5.38. The van der Waals surface area contributed by atoms with Crippen LogP contribution in [-0.4, -0.2) is 33.3 Å². The van der Waals surface area contributed by atoms with Crippen LogP contribution in [0.25, 0.3) is 0 Å². The van der Waals surface area contributed by atoms with E-state index in [9.17, 15) is 13.2 Å². The molecule has 19 heavy (non-hydrogen) atoms. The van der Waals surface area contributed by atoms with Gasteiger partial charge >= 0.3 is 5.97 Å². The third-order valence-corrected chi connectivity index (χ3v) is 4.01. The summed E-state index contributed by atoms with van der Waals surface area (Å²) in [6.45, 7) is 6.02. The lowest BCUT2D eigenvalue weighted by atomic mass is 9.87. The van der Waals surface area contributed by atoms with Gasteiger partial charge in [0, 0.05) is 6.54 Å². The molecule has 0 atom stereocenters. The summed E-state index contributed by atoms with van der Waals surface area (Å²) in [6.07, 6.45) is 4.58. The predicted octanol–water partition coefficient (Wildman–Crippen LogP) is 1.68. The molecule has 1 saturated carbocycles. The van der Waals surface area contributed by atoms with E-state index in [2.05, 4.69) is 4.72 Å². The van der Waals surface area contributed by atoms with Crippen LogP contribution in [0.15, 0.2) is 0 Å². The van der Waals surface area contributed by atoms with Crippen molar-refractivity contribution >= 4 is 16.0 Å². The van der Waals surface area contributed by atoms with Gasteiger partial charge in [-0.15, -0.1) is 0 Å². The molecule has 1 fully saturated rings. The highest BCUT2D eigenvalue weighted by atomic mass is 32.2. The van der Waals surface area contributed by atoms with E-state index in [0.717, 1.165) is 25.7 Å². The van der Waals surface area contributed by atoms with Crippen LogP contribution in [0, 0.1) is 11.3 Å². The molecule has 1 aliphatic carbocycles. The molecule has 0 heterocycles. The lowest BCUT2D eigenvalue weighted by Crippen LogP contribution is -2.34. The zero-order valence-electron chi connectivity index (χ0n) is 12.2. The summed E-state index contributed by atoms with van der Waals surface area (Å²) in [5.41, 5.74) is -0.464. The number of hydrogen-bond donors (Lipinski definition) is 1. The summed E-state index contributed by atoms with van der Waals surface area (Å²) in [6, 6.07) is 0. The molecule has 0 aromatic heterocycles. The van der Waals surface area contributed by atoms with Gasteiger partial charge in [0.05, 0.1) is 11.7 Å². The normalized spacial score (nSPS) is 25.1. The van der Waals surface area contributed by atoms with Gasteiger partial charge in [-0.3, -0.25) is 4.79 Å². The highest BCUT2D eigenvalue weighted by Gasteiger charge is 2.29. The minimum absolute atomic E-state index is 0.0128. The number of nitrogens with one attached hydrogen (secondary N) is 1. The van der Waals surface area contributed by atoms with Crippen molar-refractivity contribution in [3.8, 4) is 0 Å². The first-order valence-electron chi connectivity index (χ1n) is 6.73. The van der Waals surface area contributed by atoms with E-state index < -0.39 is 15.4 Å². The predicted molar refractivity (Wildman–Crippen MR) is 74.1 cm³/mol. The van der Waals surface area contributed by atoms with Crippen molar-refractivity contribution in [1.29, 1.82) is 0 Å². The van der Waals surface area contributed by atoms with Crippen molar-refractivity contribution in [2.75, 3.05) is 12.8 Å². The molecule has 0 saturated heterocycles. The topological polar surface area (TPSA) is 72.5 Å². The van der Waals surface area contributed by atoms with E-state index in [1.807, 2.05) is 20.8 Å². The van der Waals surface area contributed by atoms with E-state index in [0.29, 0.717) is 12.5 Å². The van der Waals surface area contributed by atoms with Crippen LogP contribution in [0.5, 0.6) is 0 Å². The zero-order valence-corrected chi connectivity index (χ0v) is 13.0. The molecular formula is C13H25NO4S. The van der Waals surface area contributed by atoms with Crippen molar-refractivity contribution in [2.24, 2.45) is 11.3 Å². The maximum Gasteiger partial charge on any atom is 0.311 e. The Bertz CT molecular complexity index is 403. The smallest absolute Gasteiger partial charge is 0.311 e. The van der Waals surface area contributed by atoms with Crippen LogP contribution in [0.3, 0.4) is 0 Å². The Hall–Kier alpha value is -0.620. The Labute approximate surface area is 116 Å². The van der Waals surface area contributed by atoms with Gasteiger partial charge in [-0.25, -0.2) is 13.1 Å². The van der Waals surface area contributed by atoms with Crippen LogP contribution >= 0.6 is 0 Å². The Balaban J connectivity index is 2.31. The highest BCUT2D eigenvalue weighted by Crippen LogP contribution is 2.28. The lowest BCUT2D eigenvalue weighted by molar-refractivity contribution is -0.160. The van der Waals surface area contributed by atoms with Crippen LogP contribution in [0.1, 0.15) is 46.5 Å². The fourth-order valence-electron chi connectivity index (χ4n) is 2.05. The molecule has 112 valence electrons. The van der Waals surface area contributed by atoms with Crippen LogP contribution in [0.2, 0.25) is 0 Å². The summed E-state index contributed by atoms with van der Waals surface area (Å²) in [5.74, 6) is 0.185. The number of esters is 1. The maximum atomic E-state index is 11.8. The van der Waals surface area contributed by atoms with Crippen LogP contribution < -0.4 is 4.72 Å². The standard InChI is InChI=1S/C13H25NO4S/c1-13(2,3)12(15)18-11-7-5-10(6-8-11)9-14-19(4,16)17/h10-11,14H,5-9H2,1-4H3. The second-order valence-corrected chi connectivity index (χ2v) is 8.25. The first kappa shape index (κ1) is 16.4. The Morgan fingerprint density at radius 1 is 1.21 bits per heavy atom. The Morgan fingerprint density at radius 2 is 1.74 bits per heavy atom. The van der Waals surface area contributed by atoms with Gasteiger partial charge in [0.25, 0.3) is 0 Å². The van der Waals surface area contributed by atoms with E-state index in [4.69, 9.17) is 4.74 Å². The fraction of sp³-hybridized carbons (Fsp3) is 0.923. The van der Waals surface area contributed by atoms with Gasteiger partial charge < -0.3 is 4.74 Å². The molecule has 0 aliphatic heterocycles. The van der Waals surface area contributed by atoms with Crippen LogP contribution in [-0.2, 0) is 19.6 Å². The van der Waals surface area contributed by atoms with E-state index in [1.54, 1.807) is 0 Å². The monoisotopic (exact) mass is 291 g/mol. The summed E-state index contributed by atoms with van der Waals surface area (Å²) in [5, 5.41) is 0. The van der Waals surface area contributed by atoms with Crippen molar-refractivity contribution in [2.45, 2.75) is 52.6 Å². The molecule has 1 aliphatic rings. The number of hydrogen-bond acceptors (Lipinski definition) is 4. The minimum Gasteiger partial charge on any atom is -0.462 e. The molecule has 0 amide bonds. The van der Waals surface area contributed by atoms with E-state index in [-0.39, 0.29) is 12.1 Å². The summed E-state index contributed by atoms with van der Waals surface area (Å²) < 4.78 is 30.0. The largest absolute Gasteiger partial charge is 0.462 e. The molecule has 1 N–H and O–H groups in total. The van der Waals surface area contributed by atoms with Crippen molar-refractivity contribution in [1.82, 2.24) is 4.72 Å². The summed E-state index contributed by atoms with van der Waals surface area (Å²) >= 11 is 0. The molecule has 0 aromatic carbocycles. The van der Waals surface area contributed by atoms with Crippen molar-refractivity contribution in [3.63, 3.8) is 0 Å². The number of ether oxygens (including phenoxy) is 1. The molecule has 0 aromatic rings. The SMILES string of the molecule is CC(C)(C)C(=O)OC1CCC(CNS(C)(=O)=O)CC1. The third-order valence-electron chi connectivity index (χ3n) is 3.31. The zero-order chi connectivity index (χ0) is 14.7. The average Bonchev–Trinajstić information content (AvgIpc) is 2.26.